The first-order valence-electron chi connectivity index (χ1n) is 7.29. The van der Waals surface area contributed by atoms with Crippen LogP contribution in [0.3, 0.4) is 0 Å². The van der Waals surface area contributed by atoms with Crippen LogP contribution in [0.2, 0.25) is 0 Å². The van der Waals surface area contributed by atoms with E-state index in [-0.39, 0.29) is 5.78 Å². The largest absolute Gasteiger partial charge is 0.497 e. The number of fused-ring (bicyclic) bond motifs is 1. The maximum atomic E-state index is 12.0. The van der Waals surface area contributed by atoms with Gasteiger partial charge in [-0.15, -0.1) is 0 Å². The average molecular weight is 408 g/mol. The Morgan fingerprint density at radius 2 is 1.86 bits per heavy atom. The van der Waals surface area contributed by atoms with E-state index >= 15 is 0 Å². The molecule has 0 saturated heterocycles. The van der Waals surface area contributed by atoms with Crippen molar-refractivity contribution in [2.24, 2.45) is 0 Å². The molecule has 0 N–H and O–H groups in total. The third-order valence-corrected chi connectivity index (χ3v) is 4.74. The van der Waals surface area contributed by atoms with Gasteiger partial charge < -0.3 is 9.47 Å². The highest BCUT2D eigenvalue weighted by Crippen LogP contribution is 2.34. The molecule has 0 aliphatic heterocycles. The molecule has 3 nitrogen and oxygen atoms in total. The Bertz CT molecular complexity index is 692. The molecule has 3 rings (SSSR count). The second-order valence-corrected chi connectivity index (χ2v) is 6.48. The van der Waals surface area contributed by atoms with E-state index in [0.717, 1.165) is 44.6 Å². The predicted octanol–water partition coefficient (Wildman–Crippen LogP) is 4.40. The van der Waals surface area contributed by atoms with E-state index in [1.54, 1.807) is 7.11 Å². The minimum Gasteiger partial charge on any atom is -0.497 e. The Balaban J connectivity index is 1.82. The summed E-state index contributed by atoms with van der Waals surface area (Å²) in [6.45, 7) is 0.491. The molecule has 0 aromatic heterocycles. The van der Waals surface area contributed by atoms with E-state index in [1.807, 2.05) is 36.4 Å². The zero-order valence-electron chi connectivity index (χ0n) is 12.4. The van der Waals surface area contributed by atoms with E-state index in [1.165, 1.54) is 0 Å². The minimum absolute atomic E-state index is 0.229. The molecule has 0 spiro atoms. The number of halogens is 1. The molecule has 2 aromatic carbocycles. The van der Waals surface area contributed by atoms with Crippen molar-refractivity contribution in [2.45, 2.75) is 25.9 Å². The lowest BCUT2D eigenvalue weighted by Crippen LogP contribution is -2.13. The zero-order chi connectivity index (χ0) is 15.5. The van der Waals surface area contributed by atoms with Crippen molar-refractivity contribution in [3.05, 3.63) is 56.7 Å². The maximum Gasteiger partial charge on any atom is 0.163 e. The van der Waals surface area contributed by atoms with Crippen LogP contribution in [0.1, 0.15) is 34.3 Å². The number of Topliss-reactive ketones (excluding diaryl/α,β-unsaturated/α-hetero) is 1. The summed E-state index contributed by atoms with van der Waals surface area (Å²) in [6.07, 6.45) is 2.46. The third kappa shape index (κ3) is 3.11. The number of ether oxygens (including phenoxy) is 2. The molecule has 0 saturated carbocycles. The van der Waals surface area contributed by atoms with Gasteiger partial charge in [0, 0.05) is 17.5 Å². The predicted molar refractivity (Wildman–Crippen MR) is 93.8 cm³/mol. The summed E-state index contributed by atoms with van der Waals surface area (Å²) in [5.74, 6) is 1.93. The number of benzene rings is 2. The maximum absolute atomic E-state index is 12.0. The van der Waals surface area contributed by atoms with Crippen LogP contribution in [0, 0.1) is 3.57 Å². The zero-order valence-corrected chi connectivity index (χ0v) is 14.6. The summed E-state index contributed by atoms with van der Waals surface area (Å²) in [7, 11) is 1.65. The van der Waals surface area contributed by atoms with Gasteiger partial charge in [-0.1, -0.05) is 12.1 Å². The van der Waals surface area contributed by atoms with Gasteiger partial charge >= 0.3 is 0 Å². The molecule has 0 bridgehead atoms. The molecule has 1 aliphatic carbocycles. The number of hydrogen-bond donors (Lipinski definition) is 0. The van der Waals surface area contributed by atoms with Crippen molar-refractivity contribution in [2.75, 3.05) is 7.11 Å². The number of rotatable bonds is 4. The van der Waals surface area contributed by atoms with Crippen LogP contribution in [0.4, 0.5) is 0 Å². The standard InChI is InChI=1S/C18H17IO3/c1-21-13-7-5-12(6-8-13)11-22-18-15-3-2-4-17(20)14(15)9-10-16(18)19/h5-10H,2-4,11H2,1H3. The average Bonchev–Trinajstić information content (AvgIpc) is 2.54. The molecule has 0 radical (unpaired) electrons. The van der Waals surface area contributed by atoms with Crippen LogP contribution in [0.5, 0.6) is 11.5 Å². The summed E-state index contributed by atoms with van der Waals surface area (Å²) in [4.78, 5) is 12.0. The van der Waals surface area contributed by atoms with Gasteiger partial charge in [0.25, 0.3) is 0 Å². The first kappa shape index (κ1) is 15.3. The number of carbonyl (C=O) groups is 1. The molecule has 0 fully saturated rings. The van der Waals surface area contributed by atoms with Gasteiger partial charge in [-0.05, 0) is 65.3 Å². The van der Waals surface area contributed by atoms with Crippen molar-refractivity contribution < 1.29 is 14.3 Å². The van der Waals surface area contributed by atoms with Gasteiger partial charge in [0.1, 0.15) is 18.1 Å². The number of hydrogen-bond acceptors (Lipinski definition) is 3. The normalized spacial score (nSPS) is 13.6. The molecular formula is C18H17IO3. The first-order chi connectivity index (χ1) is 10.7. The van der Waals surface area contributed by atoms with Crippen LogP contribution in [0.15, 0.2) is 36.4 Å². The summed E-state index contributed by atoms with van der Waals surface area (Å²) in [5.41, 5.74) is 2.98. The molecule has 114 valence electrons. The van der Waals surface area contributed by atoms with E-state index < -0.39 is 0 Å². The first-order valence-corrected chi connectivity index (χ1v) is 8.37. The number of ketones is 1. The molecule has 0 unspecified atom stereocenters. The van der Waals surface area contributed by atoms with Crippen LogP contribution in [-0.2, 0) is 13.0 Å². The van der Waals surface area contributed by atoms with Crippen LogP contribution >= 0.6 is 22.6 Å². The summed E-state index contributed by atoms with van der Waals surface area (Å²) < 4.78 is 12.3. The minimum atomic E-state index is 0.229. The van der Waals surface area contributed by atoms with Crippen LogP contribution < -0.4 is 9.47 Å². The lowest BCUT2D eigenvalue weighted by Gasteiger charge is -2.20. The molecular weight excluding hydrogens is 391 g/mol. The van der Waals surface area contributed by atoms with Crippen LogP contribution in [-0.4, -0.2) is 12.9 Å². The highest BCUT2D eigenvalue weighted by atomic mass is 127. The summed E-state index contributed by atoms with van der Waals surface area (Å²) in [5, 5.41) is 0. The Morgan fingerprint density at radius 1 is 1.09 bits per heavy atom. The fraction of sp³-hybridized carbons (Fsp3) is 0.278. The highest BCUT2D eigenvalue weighted by Gasteiger charge is 2.22. The fourth-order valence-electron chi connectivity index (χ4n) is 2.70. The Morgan fingerprint density at radius 3 is 2.59 bits per heavy atom. The van der Waals surface area contributed by atoms with Gasteiger partial charge in [0.15, 0.2) is 5.78 Å². The molecule has 22 heavy (non-hydrogen) atoms. The Labute approximate surface area is 143 Å². The molecule has 1 aliphatic rings. The highest BCUT2D eigenvalue weighted by molar-refractivity contribution is 14.1. The van der Waals surface area contributed by atoms with Crippen LogP contribution in [0.25, 0.3) is 0 Å². The van der Waals surface area contributed by atoms with Gasteiger partial charge in [-0.3, -0.25) is 4.79 Å². The quantitative estimate of drug-likeness (QED) is 0.704. The van der Waals surface area contributed by atoms with E-state index in [9.17, 15) is 4.79 Å². The van der Waals surface area contributed by atoms with E-state index in [0.29, 0.717) is 13.0 Å². The summed E-state index contributed by atoms with van der Waals surface area (Å²) >= 11 is 2.27. The topological polar surface area (TPSA) is 35.5 Å². The fourth-order valence-corrected chi connectivity index (χ4v) is 3.36. The molecule has 4 heteroatoms. The smallest absolute Gasteiger partial charge is 0.163 e. The SMILES string of the molecule is COc1ccc(COc2c(I)ccc3c2CCCC3=O)cc1. The monoisotopic (exact) mass is 408 g/mol. The number of carbonyl (C=O) groups excluding carboxylic acids is 1. The van der Waals surface area contributed by atoms with Crippen molar-refractivity contribution in [1.82, 2.24) is 0 Å². The van der Waals surface area contributed by atoms with Crippen molar-refractivity contribution in [3.63, 3.8) is 0 Å². The molecule has 2 aromatic rings. The van der Waals surface area contributed by atoms with Gasteiger partial charge in [-0.25, -0.2) is 0 Å². The Hall–Kier alpha value is -1.56. The molecule has 0 heterocycles. The summed E-state index contributed by atoms with van der Waals surface area (Å²) in [6, 6.07) is 11.7. The molecule has 0 amide bonds. The second-order valence-electron chi connectivity index (χ2n) is 5.32. The van der Waals surface area contributed by atoms with Gasteiger partial charge in [-0.2, -0.15) is 0 Å². The molecule has 0 atom stereocenters. The van der Waals surface area contributed by atoms with E-state index in [4.69, 9.17) is 9.47 Å². The van der Waals surface area contributed by atoms with Gasteiger partial charge in [0.2, 0.25) is 0 Å². The lowest BCUT2D eigenvalue weighted by molar-refractivity contribution is 0.0971. The van der Waals surface area contributed by atoms with Crippen molar-refractivity contribution in [3.8, 4) is 11.5 Å². The van der Waals surface area contributed by atoms with E-state index in [2.05, 4.69) is 22.6 Å². The third-order valence-electron chi connectivity index (χ3n) is 3.89. The van der Waals surface area contributed by atoms with Crippen molar-refractivity contribution >= 4 is 28.4 Å². The van der Waals surface area contributed by atoms with Gasteiger partial charge in [0.05, 0.1) is 10.7 Å². The lowest BCUT2D eigenvalue weighted by atomic mass is 9.90. The number of methoxy groups -OCH3 is 1. The van der Waals surface area contributed by atoms with Crippen molar-refractivity contribution in [1.29, 1.82) is 0 Å². The Kier molecular flexibility index (Phi) is 4.66. The second kappa shape index (κ2) is 6.69.